The second-order valence-corrected chi connectivity index (χ2v) is 3.82. The van der Waals surface area contributed by atoms with Crippen LogP contribution >= 0.6 is 11.6 Å². The molecular weight excluding hydrogens is 210 g/mol. The summed E-state index contributed by atoms with van der Waals surface area (Å²) in [6.07, 6.45) is 1.06. The SMILES string of the molecule is CCNCCCOCc1ccc(Cl)cc1. The summed E-state index contributed by atoms with van der Waals surface area (Å²) in [6.45, 7) is 5.63. The normalized spacial score (nSPS) is 10.5. The maximum absolute atomic E-state index is 5.78. The molecular formula is C12H18ClNO. The van der Waals surface area contributed by atoms with Crippen LogP contribution < -0.4 is 5.32 Å². The summed E-state index contributed by atoms with van der Waals surface area (Å²) in [7, 11) is 0. The number of hydrogen-bond donors (Lipinski definition) is 1. The summed E-state index contributed by atoms with van der Waals surface area (Å²) in [4.78, 5) is 0. The van der Waals surface area contributed by atoms with Gasteiger partial charge in [0.25, 0.3) is 0 Å². The highest BCUT2D eigenvalue weighted by molar-refractivity contribution is 6.30. The highest BCUT2D eigenvalue weighted by Gasteiger charge is 1.93. The zero-order chi connectivity index (χ0) is 10.9. The zero-order valence-corrected chi connectivity index (χ0v) is 9.89. The number of rotatable bonds is 7. The first-order chi connectivity index (χ1) is 7.33. The highest BCUT2D eigenvalue weighted by atomic mass is 35.5. The minimum absolute atomic E-state index is 0.670. The molecule has 15 heavy (non-hydrogen) atoms. The van der Waals surface area contributed by atoms with Gasteiger partial charge in [-0.2, -0.15) is 0 Å². The van der Waals surface area contributed by atoms with Crippen molar-refractivity contribution in [3.63, 3.8) is 0 Å². The molecule has 0 saturated heterocycles. The summed E-state index contributed by atoms with van der Waals surface area (Å²) in [6, 6.07) is 7.76. The van der Waals surface area contributed by atoms with E-state index in [1.165, 1.54) is 5.56 Å². The van der Waals surface area contributed by atoms with E-state index in [-0.39, 0.29) is 0 Å². The largest absolute Gasteiger partial charge is 0.377 e. The van der Waals surface area contributed by atoms with Gasteiger partial charge in [0.05, 0.1) is 6.61 Å². The molecule has 0 spiro atoms. The molecule has 0 atom stereocenters. The molecule has 0 saturated carbocycles. The second-order valence-electron chi connectivity index (χ2n) is 3.39. The van der Waals surface area contributed by atoms with Crippen LogP contribution in [0.15, 0.2) is 24.3 Å². The van der Waals surface area contributed by atoms with Crippen LogP contribution in [0, 0.1) is 0 Å². The van der Waals surface area contributed by atoms with Crippen LogP contribution in [-0.4, -0.2) is 19.7 Å². The number of hydrogen-bond acceptors (Lipinski definition) is 2. The Bertz CT molecular complexity index is 261. The number of halogens is 1. The molecule has 0 bridgehead atoms. The Balaban J connectivity index is 2.07. The van der Waals surface area contributed by atoms with Crippen molar-refractivity contribution < 1.29 is 4.74 Å². The minimum atomic E-state index is 0.670. The topological polar surface area (TPSA) is 21.3 Å². The summed E-state index contributed by atoms with van der Waals surface area (Å²) < 4.78 is 5.52. The molecule has 1 aromatic rings. The van der Waals surface area contributed by atoms with Crippen molar-refractivity contribution in [3.8, 4) is 0 Å². The maximum Gasteiger partial charge on any atom is 0.0716 e. The monoisotopic (exact) mass is 227 g/mol. The molecule has 0 fully saturated rings. The molecule has 0 aliphatic rings. The summed E-state index contributed by atoms with van der Waals surface area (Å²) in [5, 5.41) is 4.03. The highest BCUT2D eigenvalue weighted by Crippen LogP contribution is 2.10. The quantitative estimate of drug-likeness (QED) is 0.724. The molecule has 84 valence electrons. The molecule has 0 heterocycles. The van der Waals surface area contributed by atoms with Gasteiger partial charge in [-0.15, -0.1) is 0 Å². The van der Waals surface area contributed by atoms with E-state index in [0.717, 1.165) is 31.1 Å². The van der Waals surface area contributed by atoms with Crippen LogP contribution in [0.3, 0.4) is 0 Å². The first-order valence-corrected chi connectivity index (χ1v) is 5.73. The minimum Gasteiger partial charge on any atom is -0.377 e. The van der Waals surface area contributed by atoms with Gasteiger partial charge in [-0.25, -0.2) is 0 Å². The van der Waals surface area contributed by atoms with Gasteiger partial charge in [-0.05, 0) is 37.2 Å². The Hall–Kier alpha value is -0.570. The molecule has 0 aromatic heterocycles. The molecule has 3 heteroatoms. The Morgan fingerprint density at radius 2 is 2.00 bits per heavy atom. The molecule has 0 aliphatic carbocycles. The van der Waals surface area contributed by atoms with E-state index in [1.54, 1.807) is 0 Å². The van der Waals surface area contributed by atoms with E-state index in [0.29, 0.717) is 6.61 Å². The maximum atomic E-state index is 5.78. The molecule has 0 radical (unpaired) electrons. The van der Waals surface area contributed by atoms with Crippen LogP contribution in [0.1, 0.15) is 18.9 Å². The van der Waals surface area contributed by atoms with Crippen LogP contribution in [0.4, 0.5) is 0 Å². The van der Waals surface area contributed by atoms with Crippen LogP contribution in [0.25, 0.3) is 0 Å². The van der Waals surface area contributed by atoms with Gasteiger partial charge in [0.15, 0.2) is 0 Å². The van der Waals surface area contributed by atoms with Gasteiger partial charge in [0.1, 0.15) is 0 Å². The number of benzene rings is 1. The zero-order valence-electron chi connectivity index (χ0n) is 9.13. The van der Waals surface area contributed by atoms with Crippen molar-refractivity contribution in [2.24, 2.45) is 0 Å². The van der Waals surface area contributed by atoms with E-state index in [1.807, 2.05) is 24.3 Å². The standard InChI is InChI=1S/C12H18ClNO/c1-2-14-8-3-9-15-10-11-4-6-12(13)7-5-11/h4-7,14H,2-3,8-10H2,1H3. The molecule has 1 N–H and O–H groups in total. The molecule has 2 nitrogen and oxygen atoms in total. The Morgan fingerprint density at radius 3 is 2.67 bits per heavy atom. The molecule has 0 aliphatic heterocycles. The van der Waals surface area contributed by atoms with Crippen molar-refractivity contribution in [2.45, 2.75) is 20.0 Å². The fraction of sp³-hybridized carbons (Fsp3) is 0.500. The molecule has 1 aromatic carbocycles. The lowest BCUT2D eigenvalue weighted by Gasteiger charge is -2.04. The average Bonchev–Trinajstić information content (AvgIpc) is 2.26. The predicted molar refractivity (Wildman–Crippen MR) is 64.3 cm³/mol. The van der Waals surface area contributed by atoms with Gasteiger partial charge in [-0.1, -0.05) is 30.7 Å². The van der Waals surface area contributed by atoms with Gasteiger partial charge in [-0.3, -0.25) is 0 Å². The first-order valence-electron chi connectivity index (χ1n) is 5.36. The van der Waals surface area contributed by atoms with Crippen molar-refractivity contribution in [3.05, 3.63) is 34.9 Å². The third-order valence-electron chi connectivity index (χ3n) is 2.07. The summed E-state index contributed by atoms with van der Waals surface area (Å²) in [5.74, 6) is 0. The van der Waals surface area contributed by atoms with E-state index in [2.05, 4.69) is 12.2 Å². The van der Waals surface area contributed by atoms with Gasteiger partial charge in [0.2, 0.25) is 0 Å². The van der Waals surface area contributed by atoms with Crippen LogP contribution in [0.2, 0.25) is 5.02 Å². The van der Waals surface area contributed by atoms with Gasteiger partial charge >= 0.3 is 0 Å². The lowest BCUT2D eigenvalue weighted by molar-refractivity contribution is 0.118. The Labute approximate surface area is 96.6 Å². The Morgan fingerprint density at radius 1 is 1.27 bits per heavy atom. The van der Waals surface area contributed by atoms with E-state index >= 15 is 0 Å². The predicted octanol–water partition coefficient (Wildman–Crippen LogP) is 2.86. The lowest BCUT2D eigenvalue weighted by atomic mass is 10.2. The van der Waals surface area contributed by atoms with Gasteiger partial charge in [0, 0.05) is 11.6 Å². The third kappa shape index (κ3) is 5.78. The van der Waals surface area contributed by atoms with Crippen molar-refractivity contribution in [1.29, 1.82) is 0 Å². The van der Waals surface area contributed by atoms with Crippen molar-refractivity contribution in [2.75, 3.05) is 19.7 Å². The second kappa shape index (κ2) is 7.69. The van der Waals surface area contributed by atoms with Crippen molar-refractivity contribution in [1.82, 2.24) is 5.32 Å². The average molecular weight is 228 g/mol. The van der Waals surface area contributed by atoms with Crippen LogP contribution in [-0.2, 0) is 11.3 Å². The van der Waals surface area contributed by atoms with E-state index in [4.69, 9.17) is 16.3 Å². The van der Waals surface area contributed by atoms with Crippen molar-refractivity contribution >= 4 is 11.6 Å². The number of nitrogens with one attached hydrogen (secondary N) is 1. The number of ether oxygens (including phenoxy) is 1. The smallest absolute Gasteiger partial charge is 0.0716 e. The summed E-state index contributed by atoms with van der Waals surface area (Å²) >= 11 is 5.78. The molecule has 0 amide bonds. The fourth-order valence-electron chi connectivity index (χ4n) is 1.25. The fourth-order valence-corrected chi connectivity index (χ4v) is 1.37. The van der Waals surface area contributed by atoms with E-state index in [9.17, 15) is 0 Å². The first kappa shape index (κ1) is 12.5. The van der Waals surface area contributed by atoms with E-state index < -0.39 is 0 Å². The molecule has 0 unspecified atom stereocenters. The lowest BCUT2D eigenvalue weighted by Crippen LogP contribution is -2.15. The summed E-state index contributed by atoms with van der Waals surface area (Å²) in [5.41, 5.74) is 1.17. The third-order valence-corrected chi connectivity index (χ3v) is 2.33. The van der Waals surface area contributed by atoms with Gasteiger partial charge < -0.3 is 10.1 Å². The molecule has 1 rings (SSSR count). The Kier molecular flexibility index (Phi) is 6.41. The van der Waals surface area contributed by atoms with Crippen LogP contribution in [0.5, 0.6) is 0 Å².